The standard InChI is InChI=1S/C15H27N3/c1-7-8-16-14(15(4,5)6)9-13-12(3)17-10-11(2)18-13/h10,14,16H,7-9H2,1-6H3. The van der Waals surface area contributed by atoms with Crippen molar-refractivity contribution in [2.75, 3.05) is 6.54 Å². The topological polar surface area (TPSA) is 37.8 Å². The fraction of sp³-hybridized carbons (Fsp3) is 0.733. The lowest BCUT2D eigenvalue weighted by molar-refractivity contribution is 0.265. The van der Waals surface area contributed by atoms with E-state index in [1.807, 2.05) is 20.0 Å². The third-order valence-electron chi connectivity index (χ3n) is 3.26. The summed E-state index contributed by atoms with van der Waals surface area (Å²) in [5, 5.41) is 3.64. The van der Waals surface area contributed by atoms with Crippen molar-refractivity contribution >= 4 is 0 Å². The molecule has 0 aromatic carbocycles. The van der Waals surface area contributed by atoms with Gasteiger partial charge in [0.15, 0.2) is 0 Å². The highest BCUT2D eigenvalue weighted by Gasteiger charge is 2.25. The Morgan fingerprint density at radius 2 is 1.94 bits per heavy atom. The van der Waals surface area contributed by atoms with Gasteiger partial charge in [0, 0.05) is 18.7 Å². The molecule has 0 aliphatic heterocycles. The predicted octanol–water partition coefficient (Wildman–Crippen LogP) is 3.05. The van der Waals surface area contributed by atoms with E-state index in [9.17, 15) is 0 Å². The van der Waals surface area contributed by atoms with Crippen LogP contribution in [0.2, 0.25) is 0 Å². The lowest BCUT2D eigenvalue weighted by Gasteiger charge is -2.32. The zero-order valence-electron chi connectivity index (χ0n) is 12.7. The molecule has 1 heterocycles. The van der Waals surface area contributed by atoms with Gasteiger partial charge in [0.2, 0.25) is 0 Å². The number of hydrogen-bond acceptors (Lipinski definition) is 3. The molecule has 1 rings (SSSR count). The second-order valence-corrected chi connectivity index (χ2v) is 6.12. The molecule has 3 heteroatoms. The van der Waals surface area contributed by atoms with Gasteiger partial charge in [-0.15, -0.1) is 0 Å². The summed E-state index contributed by atoms with van der Waals surface area (Å²) in [6.07, 6.45) is 3.94. The van der Waals surface area contributed by atoms with Gasteiger partial charge in [-0.2, -0.15) is 0 Å². The van der Waals surface area contributed by atoms with Crippen molar-refractivity contribution in [3.05, 3.63) is 23.3 Å². The van der Waals surface area contributed by atoms with E-state index in [2.05, 4.69) is 43.0 Å². The zero-order chi connectivity index (χ0) is 13.8. The third-order valence-corrected chi connectivity index (χ3v) is 3.26. The minimum atomic E-state index is 0.229. The summed E-state index contributed by atoms with van der Waals surface area (Å²) in [7, 11) is 0. The molecule has 102 valence electrons. The van der Waals surface area contributed by atoms with Crippen molar-refractivity contribution in [1.29, 1.82) is 0 Å². The van der Waals surface area contributed by atoms with Crippen molar-refractivity contribution in [2.45, 2.75) is 60.4 Å². The normalized spacial score (nSPS) is 13.7. The summed E-state index contributed by atoms with van der Waals surface area (Å²) in [6, 6.07) is 0.437. The largest absolute Gasteiger partial charge is 0.313 e. The molecule has 3 nitrogen and oxygen atoms in total. The van der Waals surface area contributed by atoms with Gasteiger partial charge in [-0.05, 0) is 32.2 Å². The van der Waals surface area contributed by atoms with Crippen LogP contribution in [0.3, 0.4) is 0 Å². The third kappa shape index (κ3) is 4.37. The average Bonchev–Trinajstić information content (AvgIpc) is 2.27. The molecule has 1 unspecified atom stereocenters. The Kier molecular flexibility index (Phi) is 5.27. The van der Waals surface area contributed by atoms with Crippen LogP contribution >= 0.6 is 0 Å². The van der Waals surface area contributed by atoms with Gasteiger partial charge in [-0.1, -0.05) is 27.7 Å². The fourth-order valence-electron chi connectivity index (χ4n) is 1.98. The van der Waals surface area contributed by atoms with E-state index < -0.39 is 0 Å². The number of nitrogens with one attached hydrogen (secondary N) is 1. The van der Waals surface area contributed by atoms with E-state index in [4.69, 9.17) is 0 Å². The van der Waals surface area contributed by atoms with Crippen LogP contribution in [0.1, 0.15) is 51.2 Å². The molecular formula is C15H27N3. The van der Waals surface area contributed by atoms with Crippen LogP contribution in [-0.4, -0.2) is 22.6 Å². The van der Waals surface area contributed by atoms with Crippen LogP contribution in [-0.2, 0) is 6.42 Å². The molecule has 1 aromatic heterocycles. The van der Waals surface area contributed by atoms with E-state index in [0.717, 1.165) is 36.5 Å². The molecule has 0 radical (unpaired) electrons. The molecule has 0 fully saturated rings. The maximum absolute atomic E-state index is 4.63. The van der Waals surface area contributed by atoms with Crippen LogP contribution in [0.4, 0.5) is 0 Å². The first-order valence-electron chi connectivity index (χ1n) is 6.87. The summed E-state index contributed by atoms with van der Waals surface area (Å²) in [5.41, 5.74) is 3.40. The Bertz CT molecular complexity index is 380. The Hall–Kier alpha value is -0.960. The SMILES string of the molecule is CCCNC(Cc1nc(C)cnc1C)C(C)(C)C. The monoisotopic (exact) mass is 249 g/mol. The summed E-state index contributed by atoms with van der Waals surface area (Å²) < 4.78 is 0. The Balaban J connectivity index is 2.85. The maximum Gasteiger partial charge on any atom is 0.0634 e. The van der Waals surface area contributed by atoms with Crippen LogP contribution in [0.15, 0.2) is 6.20 Å². The molecule has 0 spiro atoms. The van der Waals surface area contributed by atoms with Crippen LogP contribution in [0.25, 0.3) is 0 Å². The van der Waals surface area contributed by atoms with E-state index in [0.29, 0.717) is 6.04 Å². The number of aryl methyl sites for hydroxylation is 2. The van der Waals surface area contributed by atoms with Crippen molar-refractivity contribution < 1.29 is 0 Å². The first-order valence-corrected chi connectivity index (χ1v) is 6.87. The number of aromatic nitrogens is 2. The number of rotatable bonds is 5. The molecule has 0 amide bonds. The van der Waals surface area contributed by atoms with Crippen LogP contribution in [0.5, 0.6) is 0 Å². The van der Waals surface area contributed by atoms with Gasteiger partial charge in [-0.3, -0.25) is 9.97 Å². The minimum Gasteiger partial charge on any atom is -0.313 e. The molecular weight excluding hydrogens is 222 g/mol. The Labute approximate surface area is 111 Å². The Morgan fingerprint density at radius 1 is 1.28 bits per heavy atom. The van der Waals surface area contributed by atoms with Crippen molar-refractivity contribution in [3.8, 4) is 0 Å². The van der Waals surface area contributed by atoms with Gasteiger partial charge in [0.05, 0.1) is 17.1 Å². The highest BCUT2D eigenvalue weighted by atomic mass is 14.9. The lowest BCUT2D eigenvalue weighted by atomic mass is 9.83. The number of nitrogens with zero attached hydrogens (tertiary/aromatic N) is 2. The molecule has 1 aromatic rings. The molecule has 0 saturated heterocycles. The molecule has 18 heavy (non-hydrogen) atoms. The average molecular weight is 249 g/mol. The van der Waals surface area contributed by atoms with E-state index in [1.54, 1.807) is 0 Å². The van der Waals surface area contributed by atoms with Gasteiger partial charge < -0.3 is 5.32 Å². The van der Waals surface area contributed by atoms with E-state index >= 15 is 0 Å². The molecule has 0 bridgehead atoms. The predicted molar refractivity (Wildman–Crippen MR) is 76.7 cm³/mol. The van der Waals surface area contributed by atoms with Crippen molar-refractivity contribution in [3.63, 3.8) is 0 Å². The first kappa shape index (κ1) is 15.1. The van der Waals surface area contributed by atoms with Gasteiger partial charge in [-0.25, -0.2) is 0 Å². The summed E-state index contributed by atoms with van der Waals surface area (Å²) in [4.78, 5) is 9.04. The quantitative estimate of drug-likeness (QED) is 0.871. The van der Waals surface area contributed by atoms with Crippen LogP contribution < -0.4 is 5.32 Å². The highest BCUT2D eigenvalue weighted by molar-refractivity contribution is 5.14. The van der Waals surface area contributed by atoms with E-state index in [-0.39, 0.29) is 5.41 Å². The summed E-state index contributed by atoms with van der Waals surface area (Å²) in [5.74, 6) is 0. The fourth-order valence-corrected chi connectivity index (χ4v) is 1.98. The smallest absolute Gasteiger partial charge is 0.0634 e. The molecule has 0 aliphatic carbocycles. The second-order valence-electron chi connectivity index (χ2n) is 6.12. The first-order chi connectivity index (χ1) is 8.34. The zero-order valence-corrected chi connectivity index (χ0v) is 12.7. The van der Waals surface area contributed by atoms with Gasteiger partial charge in [0.25, 0.3) is 0 Å². The second kappa shape index (κ2) is 6.28. The number of hydrogen-bond donors (Lipinski definition) is 1. The molecule has 1 atom stereocenters. The van der Waals surface area contributed by atoms with Crippen molar-refractivity contribution in [1.82, 2.24) is 15.3 Å². The van der Waals surface area contributed by atoms with Crippen LogP contribution in [0, 0.1) is 19.3 Å². The van der Waals surface area contributed by atoms with Gasteiger partial charge in [0.1, 0.15) is 0 Å². The highest BCUT2D eigenvalue weighted by Crippen LogP contribution is 2.22. The molecule has 1 N–H and O–H groups in total. The molecule has 0 saturated carbocycles. The van der Waals surface area contributed by atoms with E-state index in [1.165, 1.54) is 0 Å². The van der Waals surface area contributed by atoms with Crippen molar-refractivity contribution in [2.24, 2.45) is 5.41 Å². The molecule has 0 aliphatic rings. The maximum atomic E-state index is 4.63. The Morgan fingerprint density at radius 3 is 2.50 bits per heavy atom. The van der Waals surface area contributed by atoms with Gasteiger partial charge >= 0.3 is 0 Å². The lowest BCUT2D eigenvalue weighted by Crippen LogP contribution is -2.42. The minimum absolute atomic E-state index is 0.229. The summed E-state index contributed by atoms with van der Waals surface area (Å²) in [6.45, 7) is 14.1. The summed E-state index contributed by atoms with van der Waals surface area (Å²) >= 11 is 0.